The first kappa shape index (κ1) is 17.3. The normalized spacial score (nSPS) is 15.9. The van der Waals surface area contributed by atoms with E-state index in [1.54, 1.807) is 0 Å². The molecule has 0 saturated heterocycles. The highest BCUT2D eigenvalue weighted by Crippen LogP contribution is 2.29. The maximum Gasteiger partial charge on any atom is 0.248 e. The Morgan fingerprint density at radius 1 is 1.26 bits per heavy atom. The van der Waals surface area contributed by atoms with E-state index in [0.29, 0.717) is 10.7 Å². The van der Waals surface area contributed by atoms with E-state index in [1.807, 2.05) is 0 Å². The third-order valence-corrected chi connectivity index (χ3v) is 4.35. The Bertz CT molecular complexity index is 627. The van der Waals surface area contributed by atoms with Gasteiger partial charge in [0.2, 0.25) is 17.7 Å². The van der Waals surface area contributed by atoms with Crippen LogP contribution in [0.4, 0.5) is 5.69 Å². The van der Waals surface area contributed by atoms with Crippen molar-refractivity contribution in [3.05, 3.63) is 28.8 Å². The Kier molecular flexibility index (Phi) is 5.60. The summed E-state index contributed by atoms with van der Waals surface area (Å²) in [4.78, 5) is 35.2. The second-order valence-corrected chi connectivity index (χ2v) is 6.18. The van der Waals surface area contributed by atoms with Gasteiger partial charge in [-0.15, -0.1) is 0 Å². The molecule has 0 radical (unpaired) electrons. The largest absolute Gasteiger partial charge is 0.366 e. The third kappa shape index (κ3) is 4.45. The van der Waals surface area contributed by atoms with Gasteiger partial charge in [-0.2, -0.15) is 0 Å². The molecule has 6 nitrogen and oxygen atoms in total. The van der Waals surface area contributed by atoms with Gasteiger partial charge in [0.05, 0.1) is 10.7 Å². The lowest BCUT2D eigenvalue weighted by Crippen LogP contribution is -2.47. The fraction of sp³-hybridized carbons (Fsp3) is 0.438. The van der Waals surface area contributed by atoms with Gasteiger partial charge < -0.3 is 16.4 Å². The number of nitrogens with one attached hydrogen (secondary N) is 2. The lowest BCUT2D eigenvalue weighted by Gasteiger charge is -2.23. The quantitative estimate of drug-likeness (QED) is 0.766. The molecule has 124 valence electrons. The lowest BCUT2D eigenvalue weighted by atomic mass is 9.97. The number of hydrogen-bond acceptors (Lipinski definition) is 3. The van der Waals surface area contributed by atoms with Gasteiger partial charge in [0, 0.05) is 12.5 Å². The van der Waals surface area contributed by atoms with Crippen molar-refractivity contribution in [1.82, 2.24) is 5.32 Å². The van der Waals surface area contributed by atoms with E-state index in [1.165, 1.54) is 25.1 Å². The highest BCUT2D eigenvalue weighted by Gasteiger charge is 2.31. The Balaban J connectivity index is 2.18. The summed E-state index contributed by atoms with van der Waals surface area (Å²) in [6.45, 7) is 1.38. The fourth-order valence-corrected chi connectivity index (χ4v) is 3.06. The number of benzene rings is 1. The molecule has 0 heterocycles. The molecule has 1 fully saturated rings. The maximum atomic E-state index is 12.6. The van der Waals surface area contributed by atoms with Gasteiger partial charge in [0.15, 0.2) is 0 Å². The SMILES string of the molecule is CC(=O)NC(C(=O)Nc1cc(C(N)=O)ccc1Cl)C1CCCC1. The Labute approximate surface area is 139 Å². The Morgan fingerprint density at radius 3 is 2.48 bits per heavy atom. The molecule has 1 unspecified atom stereocenters. The van der Waals surface area contributed by atoms with Crippen molar-refractivity contribution in [2.24, 2.45) is 11.7 Å². The van der Waals surface area contributed by atoms with Crippen LogP contribution in [0.15, 0.2) is 18.2 Å². The molecular formula is C16H20ClN3O3. The van der Waals surface area contributed by atoms with E-state index in [9.17, 15) is 14.4 Å². The van der Waals surface area contributed by atoms with Crippen LogP contribution in [-0.2, 0) is 9.59 Å². The highest BCUT2D eigenvalue weighted by molar-refractivity contribution is 6.34. The van der Waals surface area contributed by atoms with Crippen LogP contribution in [0.2, 0.25) is 5.02 Å². The van der Waals surface area contributed by atoms with E-state index < -0.39 is 11.9 Å². The van der Waals surface area contributed by atoms with Crippen LogP contribution in [-0.4, -0.2) is 23.8 Å². The van der Waals surface area contributed by atoms with Gasteiger partial charge >= 0.3 is 0 Å². The highest BCUT2D eigenvalue weighted by atomic mass is 35.5. The van der Waals surface area contributed by atoms with Crippen molar-refractivity contribution in [1.29, 1.82) is 0 Å². The van der Waals surface area contributed by atoms with Crippen LogP contribution < -0.4 is 16.4 Å². The van der Waals surface area contributed by atoms with Crippen LogP contribution >= 0.6 is 11.6 Å². The smallest absolute Gasteiger partial charge is 0.248 e. The minimum Gasteiger partial charge on any atom is -0.366 e. The van der Waals surface area contributed by atoms with Crippen LogP contribution in [0.1, 0.15) is 43.0 Å². The monoisotopic (exact) mass is 337 g/mol. The van der Waals surface area contributed by atoms with E-state index in [0.717, 1.165) is 25.7 Å². The second-order valence-electron chi connectivity index (χ2n) is 5.77. The molecule has 1 atom stereocenters. The second kappa shape index (κ2) is 7.46. The number of halogens is 1. The standard InChI is InChI=1S/C16H20ClN3O3/c1-9(21)19-14(10-4-2-3-5-10)16(23)20-13-8-11(15(18)22)6-7-12(13)17/h6-8,10,14H,2-5H2,1H3,(H2,18,22)(H,19,21)(H,20,23). The number of anilines is 1. The number of hydrogen-bond donors (Lipinski definition) is 3. The topological polar surface area (TPSA) is 101 Å². The Hall–Kier alpha value is -2.08. The summed E-state index contributed by atoms with van der Waals surface area (Å²) in [6, 6.07) is 3.81. The number of nitrogens with two attached hydrogens (primary N) is 1. The molecule has 1 aromatic rings. The van der Waals surface area contributed by atoms with Gasteiger partial charge in [0.1, 0.15) is 6.04 Å². The summed E-state index contributed by atoms with van der Waals surface area (Å²) in [5.41, 5.74) is 5.80. The van der Waals surface area contributed by atoms with Crippen molar-refractivity contribution in [2.75, 3.05) is 5.32 Å². The summed E-state index contributed by atoms with van der Waals surface area (Å²) in [7, 11) is 0. The van der Waals surface area contributed by atoms with Crippen LogP contribution in [0, 0.1) is 5.92 Å². The summed E-state index contributed by atoms with van der Waals surface area (Å²) in [5.74, 6) is -1.09. The van der Waals surface area contributed by atoms with E-state index >= 15 is 0 Å². The Morgan fingerprint density at radius 2 is 1.91 bits per heavy atom. The average Bonchev–Trinajstić information content (AvgIpc) is 3.00. The number of amides is 3. The number of carbonyl (C=O) groups is 3. The van der Waals surface area contributed by atoms with Gasteiger partial charge in [0.25, 0.3) is 0 Å². The van der Waals surface area contributed by atoms with E-state index in [-0.39, 0.29) is 23.3 Å². The molecule has 1 aliphatic carbocycles. The lowest BCUT2D eigenvalue weighted by molar-refractivity contribution is -0.126. The van der Waals surface area contributed by atoms with Gasteiger partial charge in [-0.05, 0) is 37.0 Å². The molecule has 7 heteroatoms. The van der Waals surface area contributed by atoms with Crippen LogP contribution in [0.3, 0.4) is 0 Å². The van der Waals surface area contributed by atoms with Crippen LogP contribution in [0.5, 0.6) is 0 Å². The molecule has 1 aromatic carbocycles. The minimum atomic E-state index is -0.608. The summed E-state index contributed by atoms with van der Waals surface area (Å²) < 4.78 is 0. The maximum absolute atomic E-state index is 12.6. The van der Waals surface area contributed by atoms with Crippen molar-refractivity contribution in [3.8, 4) is 0 Å². The molecule has 3 amide bonds. The fourth-order valence-electron chi connectivity index (χ4n) is 2.89. The zero-order valence-electron chi connectivity index (χ0n) is 12.9. The zero-order valence-corrected chi connectivity index (χ0v) is 13.7. The predicted octanol–water partition coefficient (Wildman–Crippen LogP) is 2.07. The predicted molar refractivity (Wildman–Crippen MR) is 88.2 cm³/mol. The van der Waals surface area contributed by atoms with Gasteiger partial charge in [-0.1, -0.05) is 24.4 Å². The van der Waals surface area contributed by atoms with E-state index in [2.05, 4.69) is 10.6 Å². The van der Waals surface area contributed by atoms with Crippen molar-refractivity contribution >= 4 is 35.0 Å². The van der Waals surface area contributed by atoms with Crippen molar-refractivity contribution in [2.45, 2.75) is 38.6 Å². The number of primary amides is 1. The van der Waals surface area contributed by atoms with E-state index in [4.69, 9.17) is 17.3 Å². The summed E-state index contributed by atoms with van der Waals surface area (Å²) in [5, 5.41) is 5.71. The van der Waals surface area contributed by atoms with Gasteiger partial charge in [-0.3, -0.25) is 14.4 Å². The molecule has 0 spiro atoms. The van der Waals surface area contributed by atoms with Crippen LogP contribution in [0.25, 0.3) is 0 Å². The first-order valence-corrected chi connectivity index (χ1v) is 7.93. The molecule has 2 rings (SSSR count). The molecule has 0 aromatic heterocycles. The zero-order chi connectivity index (χ0) is 17.0. The molecular weight excluding hydrogens is 318 g/mol. The summed E-state index contributed by atoms with van der Waals surface area (Å²) >= 11 is 6.06. The molecule has 1 aliphatic rings. The number of carbonyl (C=O) groups excluding carboxylic acids is 3. The van der Waals surface area contributed by atoms with Crippen molar-refractivity contribution < 1.29 is 14.4 Å². The minimum absolute atomic E-state index is 0.108. The van der Waals surface area contributed by atoms with Gasteiger partial charge in [-0.25, -0.2) is 0 Å². The summed E-state index contributed by atoms with van der Waals surface area (Å²) in [6.07, 6.45) is 3.89. The molecule has 1 saturated carbocycles. The first-order valence-electron chi connectivity index (χ1n) is 7.56. The molecule has 23 heavy (non-hydrogen) atoms. The average molecular weight is 338 g/mol. The first-order chi connectivity index (χ1) is 10.9. The van der Waals surface area contributed by atoms with Crippen molar-refractivity contribution in [3.63, 3.8) is 0 Å². The number of rotatable bonds is 5. The molecule has 4 N–H and O–H groups in total. The third-order valence-electron chi connectivity index (χ3n) is 4.02. The molecule has 0 aliphatic heterocycles. The molecule has 0 bridgehead atoms.